The van der Waals surface area contributed by atoms with Crippen LogP contribution in [0.4, 0.5) is 0 Å². The summed E-state index contributed by atoms with van der Waals surface area (Å²) in [5.74, 6) is -1.85. The summed E-state index contributed by atoms with van der Waals surface area (Å²) in [5.41, 5.74) is 0. The van der Waals surface area contributed by atoms with Crippen LogP contribution in [0.5, 0.6) is 0 Å². The van der Waals surface area contributed by atoms with Crippen molar-refractivity contribution in [1.29, 1.82) is 0 Å². The van der Waals surface area contributed by atoms with Gasteiger partial charge in [-0.05, 0) is 13.3 Å². The van der Waals surface area contributed by atoms with Gasteiger partial charge in [-0.15, -0.1) is 0 Å². The number of carboxylic acids is 1. The Hall–Kier alpha value is -1.59. The monoisotopic (exact) mass is 242 g/mol. The van der Waals surface area contributed by atoms with Crippen molar-refractivity contribution in [3.8, 4) is 0 Å². The third-order valence-electron chi connectivity index (χ3n) is 2.99. The van der Waals surface area contributed by atoms with Crippen molar-refractivity contribution in [3.63, 3.8) is 0 Å². The van der Waals surface area contributed by atoms with E-state index >= 15 is 0 Å². The number of carbonyl (C=O) groups excluding carboxylic acids is 2. The number of nitrogens with one attached hydrogen (secondary N) is 1. The minimum atomic E-state index is -1.04. The van der Waals surface area contributed by atoms with Gasteiger partial charge in [0.25, 0.3) is 0 Å². The maximum Gasteiger partial charge on any atom is 0.326 e. The van der Waals surface area contributed by atoms with Gasteiger partial charge in [-0.2, -0.15) is 0 Å². The Morgan fingerprint density at radius 3 is 2.59 bits per heavy atom. The van der Waals surface area contributed by atoms with E-state index in [0.717, 1.165) is 0 Å². The normalized spacial score (nSPS) is 21.4. The molecule has 2 N–H and O–H groups in total. The largest absolute Gasteiger partial charge is 0.480 e. The van der Waals surface area contributed by atoms with Gasteiger partial charge in [0.1, 0.15) is 6.04 Å². The van der Waals surface area contributed by atoms with E-state index in [0.29, 0.717) is 19.5 Å². The zero-order valence-electron chi connectivity index (χ0n) is 10.1. The van der Waals surface area contributed by atoms with E-state index in [9.17, 15) is 14.4 Å². The third kappa shape index (κ3) is 3.18. The molecule has 1 heterocycles. The lowest BCUT2D eigenvalue weighted by molar-refractivity contribution is -0.142. The molecule has 0 aromatic carbocycles. The summed E-state index contributed by atoms with van der Waals surface area (Å²) in [6.07, 6.45) is 0.509. The highest BCUT2D eigenvalue weighted by Crippen LogP contribution is 2.17. The van der Waals surface area contributed by atoms with Gasteiger partial charge in [-0.25, -0.2) is 4.79 Å². The Balaban J connectivity index is 2.55. The Morgan fingerprint density at radius 1 is 1.53 bits per heavy atom. The van der Waals surface area contributed by atoms with Crippen molar-refractivity contribution in [2.24, 2.45) is 5.92 Å². The van der Waals surface area contributed by atoms with Crippen LogP contribution in [0.15, 0.2) is 0 Å². The van der Waals surface area contributed by atoms with Crippen LogP contribution in [-0.4, -0.2) is 46.9 Å². The Kier molecular flexibility index (Phi) is 4.48. The molecule has 0 bridgehead atoms. The summed E-state index contributed by atoms with van der Waals surface area (Å²) in [5, 5.41) is 11.3. The lowest BCUT2D eigenvalue weighted by atomic mass is 10.1. The smallest absolute Gasteiger partial charge is 0.326 e. The predicted octanol–water partition coefficient (Wildman–Crippen LogP) is -0.166. The second kappa shape index (κ2) is 5.65. The summed E-state index contributed by atoms with van der Waals surface area (Å²) >= 11 is 0. The van der Waals surface area contributed by atoms with Crippen molar-refractivity contribution >= 4 is 17.8 Å². The molecule has 0 spiro atoms. The topological polar surface area (TPSA) is 86.7 Å². The molecule has 0 aromatic heterocycles. The van der Waals surface area contributed by atoms with Crippen LogP contribution < -0.4 is 5.32 Å². The maximum absolute atomic E-state index is 11.8. The van der Waals surface area contributed by atoms with E-state index in [-0.39, 0.29) is 18.2 Å². The van der Waals surface area contributed by atoms with Crippen LogP contribution in [-0.2, 0) is 14.4 Å². The summed E-state index contributed by atoms with van der Waals surface area (Å²) in [4.78, 5) is 35.6. The standard InChI is InChI=1S/C11H18N2O4/c1-3-8(11(16)17)12-10(15)7-5-9(14)13(4-2)6-7/h7-8H,3-6H2,1-2H3,(H,12,15)(H,16,17). The van der Waals surface area contributed by atoms with E-state index in [1.54, 1.807) is 11.8 Å². The molecular weight excluding hydrogens is 224 g/mol. The summed E-state index contributed by atoms with van der Waals surface area (Å²) in [6, 6.07) is -0.867. The maximum atomic E-state index is 11.8. The van der Waals surface area contributed by atoms with Crippen LogP contribution in [0.3, 0.4) is 0 Å². The number of hydrogen-bond acceptors (Lipinski definition) is 3. The highest BCUT2D eigenvalue weighted by Gasteiger charge is 2.34. The zero-order valence-corrected chi connectivity index (χ0v) is 10.1. The predicted molar refractivity (Wildman–Crippen MR) is 60.2 cm³/mol. The molecule has 6 nitrogen and oxygen atoms in total. The first kappa shape index (κ1) is 13.5. The van der Waals surface area contributed by atoms with Gasteiger partial charge < -0.3 is 15.3 Å². The van der Waals surface area contributed by atoms with E-state index < -0.39 is 17.9 Å². The molecule has 0 aliphatic carbocycles. The number of likely N-dealkylation sites (tertiary alicyclic amines) is 1. The first-order chi connectivity index (χ1) is 7.99. The Morgan fingerprint density at radius 2 is 2.18 bits per heavy atom. The third-order valence-corrected chi connectivity index (χ3v) is 2.99. The van der Waals surface area contributed by atoms with Gasteiger partial charge in [-0.3, -0.25) is 9.59 Å². The molecule has 1 fully saturated rings. The van der Waals surface area contributed by atoms with Crippen LogP contribution >= 0.6 is 0 Å². The minimum Gasteiger partial charge on any atom is -0.480 e. The van der Waals surface area contributed by atoms with E-state index in [2.05, 4.69) is 5.32 Å². The first-order valence-corrected chi connectivity index (χ1v) is 5.80. The van der Waals surface area contributed by atoms with Gasteiger partial charge >= 0.3 is 5.97 Å². The number of carboxylic acid groups (broad SMARTS) is 1. The molecule has 1 rings (SSSR count). The highest BCUT2D eigenvalue weighted by molar-refractivity contribution is 5.91. The van der Waals surface area contributed by atoms with Crippen LogP contribution in [0.1, 0.15) is 26.7 Å². The van der Waals surface area contributed by atoms with E-state index in [1.807, 2.05) is 6.92 Å². The average Bonchev–Trinajstić information content (AvgIpc) is 2.66. The summed E-state index contributed by atoms with van der Waals surface area (Å²) in [7, 11) is 0. The fourth-order valence-corrected chi connectivity index (χ4v) is 1.88. The quantitative estimate of drug-likeness (QED) is 0.701. The molecule has 6 heteroatoms. The lowest BCUT2D eigenvalue weighted by Crippen LogP contribution is -2.43. The van der Waals surface area contributed by atoms with Gasteiger partial charge in [0.15, 0.2) is 0 Å². The molecule has 2 atom stereocenters. The van der Waals surface area contributed by atoms with Crippen molar-refractivity contribution in [3.05, 3.63) is 0 Å². The molecule has 1 aliphatic heterocycles. The molecule has 96 valence electrons. The molecular formula is C11H18N2O4. The Labute approximate surface area is 100.0 Å². The lowest BCUT2D eigenvalue weighted by Gasteiger charge is -2.16. The molecule has 0 radical (unpaired) electrons. The molecule has 17 heavy (non-hydrogen) atoms. The molecule has 1 saturated heterocycles. The van der Waals surface area contributed by atoms with Gasteiger partial charge in [0, 0.05) is 19.5 Å². The number of rotatable bonds is 5. The summed E-state index contributed by atoms with van der Waals surface area (Å²) < 4.78 is 0. The number of carbonyl (C=O) groups is 3. The van der Waals surface area contributed by atoms with E-state index in [1.165, 1.54) is 0 Å². The summed E-state index contributed by atoms with van der Waals surface area (Å²) in [6.45, 7) is 4.51. The van der Waals surface area contributed by atoms with E-state index in [4.69, 9.17) is 5.11 Å². The number of amides is 2. The molecule has 2 unspecified atom stereocenters. The second-order valence-electron chi connectivity index (χ2n) is 4.14. The molecule has 2 amide bonds. The first-order valence-electron chi connectivity index (χ1n) is 5.80. The fraction of sp³-hybridized carbons (Fsp3) is 0.727. The molecule has 1 aliphatic rings. The van der Waals surface area contributed by atoms with Crippen molar-refractivity contribution < 1.29 is 19.5 Å². The Bertz CT molecular complexity index is 329. The second-order valence-corrected chi connectivity index (χ2v) is 4.14. The average molecular weight is 242 g/mol. The minimum absolute atomic E-state index is 0.0453. The number of nitrogens with zero attached hydrogens (tertiary/aromatic N) is 1. The zero-order chi connectivity index (χ0) is 13.0. The van der Waals surface area contributed by atoms with Crippen LogP contribution in [0.25, 0.3) is 0 Å². The highest BCUT2D eigenvalue weighted by atomic mass is 16.4. The number of hydrogen-bond donors (Lipinski definition) is 2. The van der Waals surface area contributed by atoms with Crippen molar-refractivity contribution in [2.75, 3.05) is 13.1 Å². The fourth-order valence-electron chi connectivity index (χ4n) is 1.88. The van der Waals surface area contributed by atoms with Crippen molar-refractivity contribution in [2.45, 2.75) is 32.7 Å². The van der Waals surface area contributed by atoms with Crippen LogP contribution in [0.2, 0.25) is 0 Å². The van der Waals surface area contributed by atoms with Crippen molar-refractivity contribution in [1.82, 2.24) is 10.2 Å². The SMILES string of the molecule is CCC(NC(=O)C1CC(=O)N(CC)C1)C(=O)O. The molecule has 0 aromatic rings. The van der Waals surface area contributed by atoms with Gasteiger partial charge in [0.05, 0.1) is 5.92 Å². The van der Waals surface area contributed by atoms with Crippen LogP contribution in [0, 0.1) is 5.92 Å². The number of aliphatic carboxylic acids is 1. The molecule has 0 saturated carbocycles. The van der Waals surface area contributed by atoms with Gasteiger partial charge in [-0.1, -0.05) is 6.92 Å². The van der Waals surface area contributed by atoms with Gasteiger partial charge in [0.2, 0.25) is 11.8 Å².